The van der Waals surface area contributed by atoms with Crippen LogP contribution in [0.2, 0.25) is 0 Å². The second-order valence-electron chi connectivity index (χ2n) is 4.21. The molecule has 0 aromatic rings. The quantitative estimate of drug-likeness (QED) is 0.680. The van der Waals surface area contributed by atoms with Crippen LogP contribution < -0.4 is 0 Å². The number of aliphatic carboxylic acids is 1. The van der Waals surface area contributed by atoms with E-state index in [4.69, 9.17) is 9.84 Å². The largest absolute Gasteiger partial charge is 0.479 e. The summed E-state index contributed by atoms with van der Waals surface area (Å²) in [5.41, 5.74) is -1.42. The number of carbonyl (C=O) groups excluding carboxylic acids is 1. The molecule has 2 atom stereocenters. The highest BCUT2D eigenvalue weighted by atomic mass is 16.5. The van der Waals surface area contributed by atoms with Gasteiger partial charge >= 0.3 is 5.97 Å². The molecule has 2 N–H and O–H groups in total. The number of nitrogens with zero attached hydrogens (tertiary/aromatic N) is 1. The Morgan fingerprint density at radius 1 is 1.71 bits per heavy atom. The molecule has 6 nitrogen and oxygen atoms in total. The number of carboxylic acids is 1. The number of carbonyl (C=O) groups is 2. The fourth-order valence-electron chi connectivity index (χ4n) is 2.52. The van der Waals surface area contributed by atoms with Crippen molar-refractivity contribution in [3.63, 3.8) is 0 Å². The highest BCUT2D eigenvalue weighted by Gasteiger charge is 2.64. The van der Waals surface area contributed by atoms with E-state index in [9.17, 15) is 14.7 Å². The first-order valence-electron chi connectivity index (χ1n) is 5.61. The van der Waals surface area contributed by atoms with Gasteiger partial charge in [-0.25, -0.2) is 4.79 Å². The maximum Gasteiger partial charge on any atom is 0.337 e. The molecule has 0 bridgehead atoms. The second kappa shape index (κ2) is 4.03. The average molecular weight is 241 g/mol. The van der Waals surface area contributed by atoms with Gasteiger partial charge in [-0.05, 0) is 12.5 Å². The summed E-state index contributed by atoms with van der Waals surface area (Å²) >= 11 is 0. The molecule has 1 amide bonds. The fourth-order valence-corrected chi connectivity index (χ4v) is 2.52. The zero-order chi connectivity index (χ0) is 12.6. The third kappa shape index (κ3) is 1.44. The van der Waals surface area contributed by atoms with E-state index in [1.807, 2.05) is 6.92 Å². The molecule has 2 rings (SSSR count). The molecule has 94 valence electrons. The minimum atomic E-state index is -1.42. The Morgan fingerprint density at radius 3 is 2.88 bits per heavy atom. The smallest absolute Gasteiger partial charge is 0.337 e. The zero-order valence-electron chi connectivity index (χ0n) is 9.55. The minimum absolute atomic E-state index is 0.185. The second-order valence-corrected chi connectivity index (χ2v) is 4.21. The number of aliphatic hydroxyl groups is 1. The molecule has 0 aromatic heterocycles. The zero-order valence-corrected chi connectivity index (χ0v) is 9.55. The molecule has 0 aliphatic carbocycles. The molecule has 2 aliphatic heterocycles. The maximum atomic E-state index is 11.5. The topological polar surface area (TPSA) is 87.1 Å². The van der Waals surface area contributed by atoms with Crippen molar-refractivity contribution in [3.05, 3.63) is 11.8 Å². The van der Waals surface area contributed by atoms with E-state index in [1.165, 1.54) is 11.0 Å². The first-order valence-corrected chi connectivity index (χ1v) is 5.61. The van der Waals surface area contributed by atoms with Gasteiger partial charge in [-0.15, -0.1) is 0 Å². The first kappa shape index (κ1) is 11.9. The standard InChI is InChI=1S/C11H15NO5/c1-2-4-11(10(15)16)7(3-5-13)17-9-6-8(14)12(9)11/h3,9,13H,2,4-6H2,1H3,(H,15,16)/b7-3+/t9-,11?/m1/s1. The first-order chi connectivity index (χ1) is 8.07. The summed E-state index contributed by atoms with van der Waals surface area (Å²) in [6, 6.07) is 0. The lowest BCUT2D eigenvalue weighted by Gasteiger charge is -2.40. The van der Waals surface area contributed by atoms with Crippen LogP contribution in [0.5, 0.6) is 0 Å². The molecule has 6 heteroatoms. The van der Waals surface area contributed by atoms with Gasteiger partial charge < -0.3 is 14.9 Å². The van der Waals surface area contributed by atoms with Gasteiger partial charge in [-0.1, -0.05) is 13.3 Å². The van der Waals surface area contributed by atoms with Gasteiger partial charge in [0.1, 0.15) is 5.76 Å². The predicted molar refractivity (Wildman–Crippen MR) is 56.8 cm³/mol. The van der Waals surface area contributed by atoms with E-state index >= 15 is 0 Å². The lowest BCUT2D eigenvalue weighted by atomic mass is 9.87. The van der Waals surface area contributed by atoms with E-state index < -0.39 is 17.7 Å². The van der Waals surface area contributed by atoms with Crippen molar-refractivity contribution in [1.82, 2.24) is 4.90 Å². The molecule has 0 saturated carbocycles. The van der Waals surface area contributed by atoms with Crippen molar-refractivity contribution >= 4 is 11.9 Å². The van der Waals surface area contributed by atoms with Crippen LogP contribution in [0.1, 0.15) is 26.2 Å². The lowest BCUT2D eigenvalue weighted by Crippen LogP contribution is -2.62. The normalized spacial score (nSPS) is 33.3. The van der Waals surface area contributed by atoms with Crippen LogP contribution in [0.25, 0.3) is 0 Å². The number of ether oxygens (including phenoxy) is 1. The Bertz CT molecular complexity index is 391. The lowest BCUT2D eigenvalue weighted by molar-refractivity contribution is -0.171. The SMILES string of the molecule is CCCC1(C(=O)O)/C(=C\CO)O[C@@H]2CC(=O)N21. The highest BCUT2D eigenvalue weighted by molar-refractivity contribution is 5.94. The average Bonchev–Trinajstić information content (AvgIpc) is 2.49. The highest BCUT2D eigenvalue weighted by Crippen LogP contribution is 2.46. The molecule has 0 spiro atoms. The Morgan fingerprint density at radius 2 is 2.41 bits per heavy atom. The molecule has 2 saturated heterocycles. The van der Waals surface area contributed by atoms with Gasteiger partial charge in [-0.2, -0.15) is 0 Å². The van der Waals surface area contributed by atoms with E-state index in [1.54, 1.807) is 0 Å². The third-order valence-electron chi connectivity index (χ3n) is 3.23. The maximum absolute atomic E-state index is 11.5. The number of rotatable bonds is 4. The molecule has 2 heterocycles. The van der Waals surface area contributed by atoms with Crippen LogP contribution in [0.3, 0.4) is 0 Å². The molecular weight excluding hydrogens is 226 g/mol. The number of hydrogen-bond donors (Lipinski definition) is 2. The van der Waals surface area contributed by atoms with Crippen LogP contribution in [0.4, 0.5) is 0 Å². The number of β-lactam (4-membered cyclic amide) rings is 1. The molecule has 2 aliphatic rings. The Balaban J connectivity index is 2.45. The molecule has 2 fully saturated rings. The van der Waals surface area contributed by atoms with Crippen LogP contribution in [0, 0.1) is 0 Å². The number of carboxylic acid groups (broad SMARTS) is 1. The van der Waals surface area contributed by atoms with Crippen LogP contribution in [-0.2, 0) is 14.3 Å². The van der Waals surface area contributed by atoms with Crippen molar-refractivity contribution in [1.29, 1.82) is 0 Å². The Hall–Kier alpha value is -1.56. The van der Waals surface area contributed by atoms with Gasteiger partial charge in [-0.3, -0.25) is 9.69 Å². The van der Waals surface area contributed by atoms with Crippen molar-refractivity contribution in [2.75, 3.05) is 6.61 Å². The summed E-state index contributed by atoms with van der Waals surface area (Å²) in [5, 5.41) is 18.4. The third-order valence-corrected chi connectivity index (χ3v) is 3.23. The van der Waals surface area contributed by atoms with Crippen molar-refractivity contribution < 1.29 is 24.5 Å². The summed E-state index contributed by atoms with van der Waals surface area (Å²) in [6.45, 7) is 1.54. The monoisotopic (exact) mass is 241 g/mol. The molecule has 0 aromatic carbocycles. The van der Waals surface area contributed by atoms with E-state index in [0.29, 0.717) is 6.42 Å². The summed E-state index contributed by atoms with van der Waals surface area (Å²) in [6.07, 6.45) is 1.95. The van der Waals surface area contributed by atoms with E-state index in [-0.39, 0.29) is 31.1 Å². The van der Waals surface area contributed by atoms with Gasteiger partial charge in [0.2, 0.25) is 11.4 Å². The molecule has 0 radical (unpaired) electrons. The minimum Gasteiger partial charge on any atom is -0.479 e. The van der Waals surface area contributed by atoms with Crippen molar-refractivity contribution in [2.24, 2.45) is 0 Å². The summed E-state index contributed by atoms with van der Waals surface area (Å²) in [4.78, 5) is 24.4. The molecule has 1 unspecified atom stereocenters. The van der Waals surface area contributed by atoms with Crippen LogP contribution in [0.15, 0.2) is 11.8 Å². The van der Waals surface area contributed by atoms with Crippen LogP contribution in [-0.4, -0.2) is 45.4 Å². The summed E-state index contributed by atoms with van der Waals surface area (Å²) in [7, 11) is 0. The van der Waals surface area contributed by atoms with Gasteiger partial charge in [0.15, 0.2) is 6.23 Å². The number of hydrogen-bond acceptors (Lipinski definition) is 4. The van der Waals surface area contributed by atoms with Crippen molar-refractivity contribution in [2.45, 2.75) is 38.0 Å². The van der Waals surface area contributed by atoms with Crippen molar-refractivity contribution in [3.8, 4) is 0 Å². The van der Waals surface area contributed by atoms with Gasteiger partial charge in [0.05, 0.1) is 13.0 Å². The van der Waals surface area contributed by atoms with E-state index in [0.717, 1.165) is 0 Å². The number of aliphatic hydroxyl groups excluding tert-OH is 1. The molecule has 17 heavy (non-hydrogen) atoms. The Labute approximate surface area is 98.5 Å². The van der Waals surface area contributed by atoms with Crippen LogP contribution >= 0.6 is 0 Å². The summed E-state index contributed by atoms with van der Waals surface area (Å²) < 4.78 is 5.43. The fraction of sp³-hybridized carbons (Fsp3) is 0.636. The van der Waals surface area contributed by atoms with E-state index in [2.05, 4.69) is 0 Å². The Kier molecular flexibility index (Phi) is 2.82. The number of fused-ring (bicyclic) bond motifs is 1. The number of amides is 1. The molecular formula is C11H15NO5. The van der Waals surface area contributed by atoms with Gasteiger partial charge in [0.25, 0.3) is 0 Å². The predicted octanol–water partition coefficient (Wildman–Crippen LogP) is 0.0747. The van der Waals surface area contributed by atoms with Gasteiger partial charge in [0, 0.05) is 0 Å². The summed E-state index contributed by atoms with van der Waals surface area (Å²) in [5.74, 6) is -1.13.